The fraction of sp³-hybridized carbons (Fsp3) is 0.378. The molecule has 6 aromatic rings. The van der Waals surface area contributed by atoms with Crippen molar-refractivity contribution < 1.29 is 22.7 Å². The number of carbonyl (C=O) groups excluding carboxylic acids is 1. The number of rotatable bonds is 11. The minimum atomic E-state index is -4.30. The first kappa shape index (κ1) is 40.1. The number of nitrogens with zero attached hydrogens (tertiary/aromatic N) is 6. The lowest BCUT2D eigenvalue weighted by atomic mass is 9.72. The van der Waals surface area contributed by atoms with Gasteiger partial charge in [0, 0.05) is 80.8 Å². The van der Waals surface area contributed by atoms with Crippen molar-refractivity contribution in [1.82, 2.24) is 34.6 Å². The molecule has 15 heteroatoms. The number of sulfonamides is 1. The van der Waals surface area contributed by atoms with E-state index in [-0.39, 0.29) is 21.6 Å². The largest absolute Gasteiger partial charge is 0.455 e. The van der Waals surface area contributed by atoms with E-state index in [1.807, 2.05) is 36.4 Å². The number of carbonyl (C=O) groups is 1. The summed E-state index contributed by atoms with van der Waals surface area (Å²) in [4.78, 5) is 26.2. The summed E-state index contributed by atoms with van der Waals surface area (Å²) < 4.78 is 43.4. The molecule has 1 aliphatic carbocycles. The number of H-pyrrole nitrogens is 1. The van der Waals surface area contributed by atoms with E-state index in [0.717, 1.165) is 99.7 Å². The van der Waals surface area contributed by atoms with Crippen LogP contribution in [0, 0.1) is 11.3 Å². The van der Waals surface area contributed by atoms with E-state index in [9.17, 15) is 13.2 Å². The molecule has 3 aromatic heterocycles. The molecule has 9 rings (SSSR count). The van der Waals surface area contributed by atoms with Crippen LogP contribution in [-0.2, 0) is 21.3 Å². The molecule has 2 saturated heterocycles. The van der Waals surface area contributed by atoms with Crippen LogP contribution in [-0.4, -0.2) is 90.1 Å². The fourth-order valence-corrected chi connectivity index (χ4v) is 9.76. The summed E-state index contributed by atoms with van der Waals surface area (Å²) in [7, 11) is -4.30. The Labute approximate surface area is 354 Å². The Morgan fingerprint density at radius 3 is 2.60 bits per heavy atom. The molecule has 0 spiro atoms. The maximum Gasteiger partial charge on any atom is 0.268 e. The van der Waals surface area contributed by atoms with E-state index in [1.54, 1.807) is 29.2 Å². The molecule has 5 heterocycles. The zero-order chi connectivity index (χ0) is 41.4. The van der Waals surface area contributed by atoms with Crippen LogP contribution >= 0.6 is 11.6 Å². The van der Waals surface area contributed by atoms with E-state index in [0.29, 0.717) is 29.4 Å². The van der Waals surface area contributed by atoms with Crippen LogP contribution in [0.1, 0.15) is 61.9 Å². The van der Waals surface area contributed by atoms with Crippen LogP contribution in [0.5, 0.6) is 11.5 Å². The summed E-state index contributed by atoms with van der Waals surface area (Å²) in [6, 6.07) is 21.9. The van der Waals surface area contributed by atoms with Gasteiger partial charge < -0.3 is 19.4 Å². The van der Waals surface area contributed by atoms with E-state index in [1.165, 1.54) is 28.8 Å². The lowest BCUT2D eigenvalue weighted by Gasteiger charge is -2.39. The number of pyridine rings is 1. The first-order chi connectivity index (χ1) is 29.0. The predicted octanol–water partition coefficient (Wildman–Crippen LogP) is 8.08. The second-order valence-electron chi connectivity index (χ2n) is 17.0. The maximum absolute atomic E-state index is 13.9. The minimum absolute atomic E-state index is 0.0699. The average molecular weight is 849 g/mol. The number of fused-ring (bicyclic) bond motifs is 2. The van der Waals surface area contributed by atoms with Crippen molar-refractivity contribution in [3.05, 3.63) is 107 Å². The number of halogens is 1. The maximum atomic E-state index is 13.9. The molecular formula is C45H49ClN8O5S. The molecule has 2 aliphatic heterocycles. The smallest absolute Gasteiger partial charge is 0.268 e. The first-order valence-electron chi connectivity index (χ1n) is 20.6. The molecule has 0 unspecified atom stereocenters. The summed E-state index contributed by atoms with van der Waals surface area (Å²) in [6.07, 6.45) is 8.50. The third-order valence-electron chi connectivity index (χ3n) is 12.1. The van der Waals surface area contributed by atoms with Gasteiger partial charge in [0.15, 0.2) is 0 Å². The van der Waals surface area contributed by atoms with Crippen molar-refractivity contribution in [1.29, 1.82) is 0 Å². The molecule has 0 saturated carbocycles. The molecule has 0 bridgehead atoms. The third kappa shape index (κ3) is 8.78. The van der Waals surface area contributed by atoms with Crippen LogP contribution in [0.3, 0.4) is 0 Å². The average Bonchev–Trinajstić information content (AvgIpc) is 3.88. The van der Waals surface area contributed by atoms with Gasteiger partial charge in [-0.1, -0.05) is 48.4 Å². The highest BCUT2D eigenvalue weighted by Gasteiger charge is 2.30. The van der Waals surface area contributed by atoms with Gasteiger partial charge in [0.1, 0.15) is 22.7 Å². The lowest BCUT2D eigenvalue weighted by molar-refractivity contribution is 0.0604. The monoisotopic (exact) mass is 848 g/mol. The van der Waals surface area contributed by atoms with Crippen molar-refractivity contribution >= 4 is 60.9 Å². The number of nitrogens with one attached hydrogen (secondary N) is 2. The van der Waals surface area contributed by atoms with E-state index < -0.39 is 15.9 Å². The Morgan fingerprint density at radius 1 is 1.00 bits per heavy atom. The molecule has 1 amide bonds. The number of ether oxygens (including phenoxy) is 2. The Bertz CT molecular complexity index is 2680. The van der Waals surface area contributed by atoms with Gasteiger partial charge in [-0.3, -0.25) is 9.69 Å². The molecule has 3 aromatic carbocycles. The Balaban J connectivity index is 0.930. The highest BCUT2D eigenvalue weighted by molar-refractivity contribution is 7.90. The summed E-state index contributed by atoms with van der Waals surface area (Å²) in [5.74, 6) is 0.219. The highest BCUT2D eigenvalue weighted by atomic mass is 35.5. The number of anilines is 1. The molecule has 3 aliphatic rings. The van der Waals surface area contributed by atoms with Crippen LogP contribution in [0.25, 0.3) is 27.6 Å². The number of aromatic amines is 1. The second kappa shape index (κ2) is 16.6. The summed E-state index contributed by atoms with van der Waals surface area (Å²) in [6.45, 7) is 11.0. The van der Waals surface area contributed by atoms with E-state index in [2.05, 4.69) is 60.8 Å². The first-order valence-corrected chi connectivity index (χ1v) is 22.5. The summed E-state index contributed by atoms with van der Waals surface area (Å²) in [5, 5.41) is 10.1. The number of amides is 1. The molecule has 60 heavy (non-hydrogen) atoms. The number of piperazine rings is 1. The molecular weight excluding hydrogens is 800 g/mol. The Hall–Kier alpha value is -5.28. The molecule has 0 radical (unpaired) electrons. The van der Waals surface area contributed by atoms with Crippen LogP contribution in [0.2, 0.25) is 5.02 Å². The van der Waals surface area contributed by atoms with Gasteiger partial charge in [-0.05, 0) is 109 Å². The number of aromatic nitrogens is 5. The van der Waals surface area contributed by atoms with Crippen molar-refractivity contribution in [2.45, 2.75) is 57.4 Å². The van der Waals surface area contributed by atoms with Gasteiger partial charge in [0.05, 0.1) is 22.2 Å². The van der Waals surface area contributed by atoms with E-state index in [4.69, 9.17) is 21.1 Å². The number of hydrogen-bond donors (Lipinski definition) is 2. The number of benzene rings is 3. The molecule has 2 fully saturated rings. The van der Waals surface area contributed by atoms with Gasteiger partial charge in [-0.15, -0.1) is 5.10 Å². The minimum Gasteiger partial charge on any atom is -0.455 e. The standard InChI is InChI=1S/C45H49ClN8O5S/c1-45(2)15-11-33(39(26-45)31-3-5-34(46)6-4-31)29-52-17-19-53(20-18-52)35-7-9-38(42(24-35)59-36-23-32-12-16-47-43(32)48-27-36)44(55)50-60(56,57)37-8-10-41-40(25-37)49-51-54(41)28-30-13-21-58-22-14-30/h3-10,12,16,23-25,27,30H,11,13-15,17-22,26,28-29H2,1-2H3,(H,47,48)(H,50,55). The van der Waals surface area contributed by atoms with Crippen molar-refractivity contribution in [3.8, 4) is 11.5 Å². The van der Waals surface area contributed by atoms with Gasteiger partial charge in [-0.2, -0.15) is 0 Å². The van der Waals surface area contributed by atoms with Crippen LogP contribution in [0.15, 0.2) is 95.7 Å². The topological polar surface area (TPSA) is 148 Å². The summed E-state index contributed by atoms with van der Waals surface area (Å²) in [5.41, 5.74) is 7.23. The molecule has 13 nitrogen and oxygen atoms in total. The zero-order valence-electron chi connectivity index (χ0n) is 33.9. The lowest BCUT2D eigenvalue weighted by Crippen LogP contribution is -2.47. The third-order valence-corrected chi connectivity index (χ3v) is 13.7. The quantitative estimate of drug-likeness (QED) is 0.131. The van der Waals surface area contributed by atoms with Crippen molar-refractivity contribution in [3.63, 3.8) is 0 Å². The molecule has 312 valence electrons. The normalized spacial score (nSPS) is 18.0. The van der Waals surface area contributed by atoms with Gasteiger partial charge in [-0.25, -0.2) is 22.8 Å². The zero-order valence-corrected chi connectivity index (χ0v) is 35.4. The fourth-order valence-electron chi connectivity index (χ4n) is 8.64. The van der Waals surface area contributed by atoms with Crippen molar-refractivity contribution in [2.75, 3.05) is 50.8 Å². The van der Waals surface area contributed by atoms with Crippen molar-refractivity contribution in [2.24, 2.45) is 11.3 Å². The number of hydrogen-bond acceptors (Lipinski definition) is 10. The SMILES string of the molecule is CC1(C)CCC(CN2CCN(c3ccc(C(=O)NS(=O)(=O)c4ccc5c(c4)nnn5CC4CCOCC4)c(Oc4cnc5[nH]ccc5c4)c3)CC2)=C(c2ccc(Cl)cc2)C1. The van der Waals surface area contributed by atoms with Crippen LogP contribution in [0.4, 0.5) is 5.69 Å². The van der Waals surface area contributed by atoms with Gasteiger partial charge >= 0.3 is 0 Å². The summed E-state index contributed by atoms with van der Waals surface area (Å²) >= 11 is 6.25. The number of allylic oxidation sites excluding steroid dienone is 1. The van der Waals surface area contributed by atoms with Gasteiger partial charge in [0.25, 0.3) is 15.9 Å². The highest BCUT2D eigenvalue weighted by Crippen LogP contribution is 2.43. The van der Waals surface area contributed by atoms with E-state index >= 15 is 0 Å². The molecule has 0 atom stereocenters. The van der Waals surface area contributed by atoms with Gasteiger partial charge in [0.2, 0.25) is 0 Å². The Morgan fingerprint density at radius 2 is 1.80 bits per heavy atom. The Kier molecular flexibility index (Phi) is 11.1. The second-order valence-corrected chi connectivity index (χ2v) is 19.1. The predicted molar refractivity (Wildman–Crippen MR) is 233 cm³/mol. The molecule has 2 N–H and O–H groups in total. The van der Waals surface area contributed by atoms with Crippen LogP contribution < -0.4 is 14.4 Å².